The fourth-order valence-corrected chi connectivity index (χ4v) is 3.16. The average Bonchev–Trinajstić information content (AvgIpc) is 2.81. The number of hydrogen-bond acceptors (Lipinski definition) is 3. The summed E-state index contributed by atoms with van der Waals surface area (Å²) in [7, 11) is 0. The first-order valence-electron chi connectivity index (χ1n) is 7.84. The number of hydrogen-bond donors (Lipinski definition) is 1. The molecule has 0 bridgehead atoms. The third-order valence-corrected chi connectivity index (χ3v) is 4.77. The average molecular weight is 443 g/mol. The van der Waals surface area contributed by atoms with Crippen LogP contribution in [0.25, 0.3) is 0 Å². The van der Waals surface area contributed by atoms with Crippen LogP contribution in [-0.4, -0.2) is 23.4 Å². The van der Waals surface area contributed by atoms with E-state index in [-0.39, 0.29) is 17.9 Å². The van der Waals surface area contributed by atoms with E-state index in [9.17, 15) is 22.8 Å². The van der Waals surface area contributed by atoms with Gasteiger partial charge in [0.2, 0.25) is 0 Å². The summed E-state index contributed by atoms with van der Waals surface area (Å²) >= 11 is 3.14. The van der Waals surface area contributed by atoms with E-state index in [0.29, 0.717) is 10.0 Å². The van der Waals surface area contributed by atoms with Crippen LogP contribution in [-0.2, 0) is 16.9 Å². The summed E-state index contributed by atoms with van der Waals surface area (Å²) in [4.78, 5) is 26.1. The van der Waals surface area contributed by atoms with Crippen LogP contribution in [0, 0.1) is 5.82 Å². The molecule has 2 aromatic carbocycles. The molecule has 0 unspecified atom stereocenters. The molecule has 0 saturated carbocycles. The smallest absolute Gasteiger partial charge is 0.387 e. The van der Waals surface area contributed by atoms with Gasteiger partial charge < -0.3 is 10.1 Å². The van der Waals surface area contributed by atoms with E-state index in [4.69, 9.17) is 0 Å². The summed E-state index contributed by atoms with van der Waals surface area (Å²) in [6.07, 6.45) is 0. The maximum atomic E-state index is 14.0. The molecule has 0 aromatic heterocycles. The molecule has 3 amide bonds. The molecule has 1 heterocycles. The number of nitrogens with one attached hydrogen (secondary N) is 1. The Hall–Kier alpha value is -2.55. The predicted molar refractivity (Wildman–Crippen MR) is 93.6 cm³/mol. The maximum absolute atomic E-state index is 14.0. The molecule has 142 valence electrons. The molecule has 0 spiro atoms. The second-order valence-corrected chi connectivity index (χ2v) is 7.00. The van der Waals surface area contributed by atoms with E-state index in [1.807, 2.05) is 0 Å². The van der Waals surface area contributed by atoms with Gasteiger partial charge in [-0.1, -0.05) is 34.1 Å². The number of halogens is 4. The second kappa shape index (κ2) is 7.22. The highest BCUT2D eigenvalue weighted by Gasteiger charge is 2.49. The fourth-order valence-electron chi connectivity index (χ4n) is 2.83. The van der Waals surface area contributed by atoms with E-state index < -0.39 is 29.9 Å². The zero-order chi connectivity index (χ0) is 19.8. The molecule has 9 heteroatoms. The van der Waals surface area contributed by atoms with Crippen molar-refractivity contribution in [1.82, 2.24) is 10.2 Å². The van der Waals surface area contributed by atoms with E-state index in [0.717, 1.165) is 4.90 Å². The highest BCUT2D eigenvalue weighted by Crippen LogP contribution is 2.31. The lowest BCUT2D eigenvalue weighted by Crippen LogP contribution is -2.40. The molecule has 0 radical (unpaired) electrons. The molecular weight excluding hydrogens is 429 g/mol. The van der Waals surface area contributed by atoms with Crippen molar-refractivity contribution in [2.45, 2.75) is 25.6 Å². The molecule has 1 aliphatic rings. The minimum absolute atomic E-state index is 0.0667. The Morgan fingerprint density at radius 2 is 1.85 bits per heavy atom. The van der Waals surface area contributed by atoms with Crippen molar-refractivity contribution >= 4 is 27.9 Å². The largest absolute Gasteiger partial charge is 0.435 e. The maximum Gasteiger partial charge on any atom is 0.387 e. The molecule has 2 aromatic rings. The minimum atomic E-state index is -2.96. The summed E-state index contributed by atoms with van der Waals surface area (Å²) in [5.74, 6) is -1.19. The SMILES string of the molecule is C[C@@]1(c2ccc(OC(F)F)cc2)NC(=O)N(Cc2ccc(Br)cc2F)C1=O. The number of imide groups is 1. The third kappa shape index (κ3) is 3.78. The number of urea groups is 1. The minimum Gasteiger partial charge on any atom is -0.435 e. The van der Waals surface area contributed by atoms with Gasteiger partial charge in [0.25, 0.3) is 5.91 Å². The highest BCUT2D eigenvalue weighted by atomic mass is 79.9. The molecule has 0 aliphatic carbocycles. The van der Waals surface area contributed by atoms with Crippen LogP contribution in [0.2, 0.25) is 0 Å². The Labute approximate surface area is 161 Å². The van der Waals surface area contributed by atoms with Gasteiger partial charge in [0.05, 0.1) is 6.54 Å². The van der Waals surface area contributed by atoms with Gasteiger partial charge in [0.15, 0.2) is 0 Å². The number of benzene rings is 2. The Morgan fingerprint density at radius 3 is 2.44 bits per heavy atom. The number of carbonyl (C=O) groups excluding carboxylic acids is 2. The first-order chi connectivity index (χ1) is 12.7. The predicted octanol–water partition coefficient (Wildman–Crippen LogP) is 4.16. The molecule has 1 fully saturated rings. The molecule has 27 heavy (non-hydrogen) atoms. The van der Waals surface area contributed by atoms with Gasteiger partial charge in [-0.2, -0.15) is 8.78 Å². The summed E-state index contributed by atoms with van der Waals surface area (Å²) in [6, 6.07) is 9.06. The molecule has 1 aliphatic heterocycles. The molecule has 5 nitrogen and oxygen atoms in total. The van der Waals surface area contributed by atoms with Gasteiger partial charge in [-0.05, 0) is 36.8 Å². The van der Waals surface area contributed by atoms with Gasteiger partial charge in [0.1, 0.15) is 17.1 Å². The number of carbonyl (C=O) groups is 2. The monoisotopic (exact) mass is 442 g/mol. The van der Waals surface area contributed by atoms with Crippen LogP contribution < -0.4 is 10.1 Å². The van der Waals surface area contributed by atoms with Gasteiger partial charge in [0, 0.05) is 10.0 Å². The van der Waals surface area contributed by atoms with Crippen LogP contribution >= 0.6 is 15.9 Å². The quantitative estimate of drug-likeness (QED) is 0.707. The first kappa shape index (κ1) is 19.2. The van der Waals surface area contributed by atoms with Crippen LogP contribution in [0.1, 0.15) is 18.1 Å². The lowest BCUT2D eigenvalue weighted by molar-refractivity contribution is -0.131. The Kier molecular flexibility index (Phi) is 5.14. The molecular formula is C18H14BrF3N2O3. The number of nitrogens with zero attached hydrogens (tertiary/aromatic N) is 1. The summed E-state index contributed by atoms with van der Waals surface area (Å²) in [5, 5.41) is 2.57. The number of rotatable bonds is 5. The molecule has 1 atom stereocenters. The second-order valence-electron chi connectivity index (χ2n) is 6.09. The lowest BCUT2D eigenvalue weighted by Gasteiger charge is -2.22. The van der Waals surface area contributed by atoms with Gasteiger partial charge >= 0.3 is 12.6 Å². The number of amides is 3. The van der Waals surface area contributed by atoms with Crippen molar-refractivity contribution in [3.63, 3.8) is 0 Å². The Morgan fingerprint density at radius 1 is 1.19 bits per heavy atom. The lowest BCUT2D eigenvalue weighted by atomic mass is 9.92. The Bertz CT molecular complexity index is 892. The van der Waals surface area contributed by atoms with Crippen LogP contribution in [0.4, 0.5) is 18.0 Å². The number of ether oxygens (including phenoxy) is 1. The number of alkyl halides is 2. The first-order valence-corrected chi connectivity index (χ1v) is 8.63. The zero-order valence-corrected chi connectivity index (χ0v) is 15.6. The summed E-state index contributed by atoms with van der Waals surface area (Å²) in [6.45, 7) is -1.70. The summed E-state index contributed by atoms with van der Waals surface area (Å²) in [5.41, 5.74) is -0.820. The standard InChI is InChI=1S/C18H14BrF3N2O3/c1-18(11-3-6-13(7-4-11)27-16(21)22)15(25)24(17(26)23-18)9-10-2-5-12(19)8-14(10)20/h2-8,16H,9H2,1H3,(H,23,26)/t18-/m0/s1. The van der Waals surface area contributed by atoms with Crippen molar-refractivity contribution in [2.75, 3.05) is 0 Å². The normalized spacial score (nSPS) is 19.6. The van der Waals surface area contributed by atoms with Crippen LogP contribution in [0.3, 0.4) is 0 Å². The molecule has 3 rings (SSSR count). The van der Waals surface area contributed by atoms with Gasteiger partial charge in [-0.15, -0.1) is 0 Å². The zero-order valence-electron chi connectivity index (χ0n) is 14.0. The van der Waals surface area contributed by atoms with Gasteiger partial charge in [-0.3, -0.25) is 9.69 Å². The Balaban J connectivity index is 1.83. The van der Waals surface area contributed by atoms with Crippen molar-refractivity contribution in [3.8, 4) is 5.75 Å². The third-order valence-electron chi connectivity index (χ3n) is 4.28. The highest BCUT2D eigenvalue weighted by molar-refractivity contribution is 9.10. The van der Waals surface area contributed by atoms with Crippen LogP contribution in [0.5, 0.6) is 5.75 Å². The van der Waals surface area contributed by atoms with E-state index in [1.165, 1.54) is 43.3 Å². The van der Waals surface area contributed by atoms with Crippen LogP contribution in [0.15, 0.2) is 46.9 Å². The van der Waals surface area contributed by atoms with Crippen molar-refractivity contribution in [3.05, 3.63) is 63.9 Å². The van der Waals surface area contributed by atoms with E-state index in [2.05, 4.69) is 26.0 Å². The van der Waals surface area contributed by atoms with Crippen molar-refractivity contribution in [2.24, 2.45) is 0 Å². The van der Waals surface area contributed by atoms with Crippen molar-refractivity contribution < 1.29 is 27.5 Å². The molecule has 1 saturated heterocycles. The fraction of sp³-hybridized carbons (Fsp3) is 0.222. The van der Waals surface area contributed by atoms with E-state index in [1.54, 1.807) is 6.07 Å². The topological polar surface area (TPSA) is 58.6 Å². The molecule has 1 N–H and O–H groups in total. The van der Waals surface area contributed by atoms with Gasteiger partial charge in [-0.25, -0.2) is 9.18 Å². The van der Waals surface area contributed by atoms with Crippen molar-refractivity contribution in [1.29, 1.82) is 0 Å². The van der Waals surface area contributed by atoms with E-state index >= 15 is 0 Å². The summed E-state index contributed by atoms with van der Waals surface area (Å²) < 4.78 is 43.4.